The maximum Gasteiger partial charge on any atom is 0.249 e. The van der Waals surface area contributed by atoms with Crippen molar-refractivity contribution in [1.82, 2.24) is 4.98 Å². The number of carbonyl (C=O) groups is 1. The number of amides is 1. The van der Waals surface area contributed by atoms with E-state index in [0.717, 1.165) is 54.9 Å². The summed E-state index contributed by atoms with van der Waals surface area (Å²) in [4.78, 5) is 20.8. The zero-order chi connectivity index (χ0) is 22.3. The number of likely N-dealkylation sites (N-methyl/N-ethyl adjacent to an activating group) is 2. The standard InChI is InChI=1S/C23H26F3N3O2.3CH4/c1-4-29-21-12-27-15(9-20(21)28(3)13(2)23(29)30)6-5-14-7-16(8-14)31-17-10-18(24)22(26)19(25)11-17;;;/h9-14,16H,4-8H2,1-3H3;3*1H4/t13-,14?,16?;;;/m1.../s1. The van der Waals surface area contributed by atoms with Gasteiger partial charge in [-0.15, -0.1) is 0 Å². The van der Waals surface area contributed by atoms with Crippen molar-refractivity contribution in [2.45, 2.75) is 74.0 Å². The van der Waals surface area contributed by atoms with Crippen molar-refractivity contribution in [3.05, 3.63) is 47.5 Å². The van der Waals surface area contributed by atoms with Crippen LogP contribution in [0.5, 0.6) is 5.75 Å². The van der Waals surface area contributed by atoms with Crippen LogP contribution in [0.25, 0.3) is 0 Å². The second-order valence-electron chi connectivity index (χ2n) is 8.35. The molecule has 2 aromatic rings. The number of nitrogens with zero attached hydrogens (tertiary/aromatic N) is 3. The van der Waals surface area contributed by atoms with E-state index in [1.807, 2.05) is 25.8 Å². The van der Waals surface area contributed by atoms with Crippen LogP contribution in [0.4, 0.5) is 24.5 Å². The highest BCUT2D eigenvalue weighted by Crippen LogP contribution is 2.37. The Balaban J connectivity index is 0.00000193. The van der Waals surface area contributed by atoms with Gasteiger partial charge in [-0.25, -0.2) is 13.2 Å². The molecule has 1 aromatic heterocycles. The van der Waals surface area contributed by atoms with Crippen molar-refractivity contribution >= 4 is 17.3 Å². The van der Waals surface area contributed by atoms with Crippen molar-refractivity contribution in [3.63, 3.8) is 0 Å². The van der Waals surface area contributed by atoms with Gasteiger partial charge in [0.05, 0.1) is 23.7 Å². The Bertz CT molecular complexity index is 972. The predicted octanol–water partition coefficient (Wildman–Crippen LogP) is 6.39. The zero-order valence-corrected chi connectivity index (χ0v) is 17.9. The second-order valence-corrected chi connectivity index (χ2v) is 8.35. The van der Waals surface area contributed by atoms with E-state index in [0.29, 0.717) is 12.5 Å². The van der Waals surface area contributed by atoms with Gasteiger partial charge in [-0.1, -0.05) is 22.3 Å². The minimum Gasteiger partial charge on any atom is -0.490 e. The number of benzene rings is 1. The number of anilines is 2. The first-order valence-electron chi connectivity index (χ1n) is 10.6. The second kappa shape index (κ2) is 11.6. The molecular formula is C26H38F3N3O2. The highest BCUT2D eigenvalue weighted by Gasteiger charge is 2.34. The number of ether oxygens (including phenoxy) is 1. The first-order chi connectivity index (χ1) is 14.8. The van der Waals surface area contributed by atoms with Crippen LogP contribution in [0.3, 0.4) is 0 Å². The van der Waals surface area contributed by atoms with Crippen molar-refractivity contribution in [1.29, 1.82) is 0 Å². The molecule has 0 saturated heterocycles. The molecule has 1 aliphatic carbocycles. The van der Waals surface area contributed by atoms with Gasteiger partial charge in [-0.2, -0.15) is 0 Å². The Morgan fingerprint density at radius 2 is 1.68 bits per heavy atom. The molecule has 5 nitrogen and oxygen atoms in total. The molecule has 1 amide bonds. The van der Waals surface area contributed by atoms with Gasteiger partial charge in [0.2, 0.25) is 5.91 Å². The number of pyridine rings is 1. The molecule has 34 heavy (non-hydrogen) atoms. The fourth-order valence-corrected chi connectivity index (χ4v) is 4.30. The van der Waals surface area contributed by atoms with E-state index < -0.39 is 17.5 Å². The molecule has 1 aliphatic heterocycles. The van der Waals surface area contributed by atoms with Crippen molar-refractivity contribution in [2.75, 3.05) is 23.4 Å². The number of halogens is 3. The number of aromatic nitrogens is 1. The summed E-state index contributed by atoms with van der Waals surface area (Å²) in [6.07, 6.45) is 4.93. The number of aryl methyl sites for hydroxylation is 1. The molecule has 0 spiro atoms. The Labute approximate surface area is 201 Å². The zero-order valence-electron chi connectivity index (χ0n) is 17.9. The molecule has 1 saturated carbocycles. The van der Waals surface area contributed by atoms with Gasteiger partial charge in [0.1, 0.15) is 11.8 Å². The quantitative estimate of drug-likeness (QED) is 0.449. The molecule has 0 radical (unpaired) electrons. The molecule has 1 fully saturated rings. The maximum atomic E-state index is 13.3. The molecule has 2 heterocycles. The largest absolute Gasteiger partial charge is 0.490 e. The summed E-state index contributed by atoms with van der Waals surface area (Å²) in [6, 6.07) is 3.60. The maximum absolute atomic E-state index is 13.3. The molecule has 0 N–H and O–H groups in total. The van der Waals surface area contributed by atoms with Crippen LogP contribution in [0.2, 0.25) is 0 Å². The minimum atomic E-state index is -1.48. The van der Waals surface area contributed by atoms with E-state index in [9.17, 15) is 18.0 Å². The lowest BCUT2D eigenvalue weighted by Gasteiger charge is -2.39. The normalized spacial score (nSPS) is 20.9. The van der Waals surface area contributed by atoms with Crippen LogP contribution >= 0.6 is 0 Å². The van der Waals surface area contributed by atoms with Crippen molar-refractivity contribution in [2.24, 2.45) is 5.92 Å². The van der Waals surface area contributed by atoms with Crippen LogP contribution in [0, 0.1) is 23.4 Å². The highest BCUT2D eigenvalue weighted by molar-refractivity contribution is 6.04. The van der Waals surface area contributed by atoms with Crippen molar-refractivity contribution < 1.29 is 22.7 Å². The van der Waals surface area contributed by atoms with Crippen LogP contribution in [0.1, 0.15) is 61.1 Å². The van der Waals surface area contributed by atoms with E-state index in [4.69, 9.17) is 4.74 Å². The summed E-state index contributed by atoms with van der Waals surface area (Å²) in [6.45, 7) is 4.47. The molecule has 0 bridgehead atoms. The van der Waals surface area contributed by atoms with Gasteiger partial charge in [0.25, 0.3) is 0 Å². The van der Waals surface area contributed by atoms with Crippen LogP contribution in [-0.2, 0) is 11.2 Å². The highest BCUT2D eigenvalue weighted by atomic mass is 19.2. The summed E-state index contributed by atoms with van der Waals surface area (Å²) < 4.78 is 45.2. The number of fused-ring (bicyclic) bond motifs is 1. The molecule has 1 atom stereocenters. The van der Waals surface area contributed by atoms with E-state index >= 15 is 0 Å². The molecule has 1 aromatic carbocycles. The number of hydrogen-bond donors (Lipinski definition) is 0. The molecule has 4 rings (SSSR count). The Kier molecular flexibility index (Phi) is 9.97. The topological polar surface area (TPSA) is 45.7 Å². The summed E-state index contributed by atoms with van der Waals surface area (Å²) in [5.74, 6) is -3.44. The first kappa shape index (κ1) is 29.3. The fraction of sp³-hybridized carbons (Fsp3) is 0.538. The van der Waals surface area contributed by atoms with Gasteiger partial charge in [-0.05, 0) is 51.5 Å². The number of hydrogen-bond acceptors (Lipinski definition) is 4. The van der Waals surface area contributed by atoms with Gasteiger partial charge >= 0.3 is 0 Å². The first-order valence-corrected chi connectivity index (χ1v) is 10.6. The fourth-order valence-electron chi connectivity index (χ4n) is 4.30. The Morgan fingerprint density at radius 3 is 2.26 bits per heavy atom. The lowest BCUT2D eigenvalue weighted by atomic mass is 9.79. The van der Waals surface area contributed by atoms with E-state index in [1.54, 1.807) is 11.1 Å². The minimum absolute atomic E-state index is 0. The summed E-state index contributed by atoms with van der Waals surface area (Å²) in [5.41, 5.74) is 2.82. The van der Waals surface area contributed by atoms with Crippen LogP contribution in [0.15, 0.2) is 24.4 Å². The average molecular weight is 482 g/mol. The monoisotopic (exact) mass is 481 g/mol. The van der Waals surface area contributed by atoms with Gasteiger partial charge in [0, 0.05) is 31.4 Å². The molecule has 190 valence electrons. The molecule has 8 heteroatoms. The Hall–Kier alpha value is -2.77. The third-order valence-electron chi connectivity index (χ3n) is 6.37. The SMILES string of the molecule is C.C.C.CCN1C(=O)[C@@H](C)N(C)c2cc(CCC3CC(Oc4cc(F)c(F)c(F)c4)C3)ncc21. The Morgan fingerprint density at radius 1 is 1.06 bits per heavy atom. The van der Waals surface area contributed by atoms with E-state index in [1.165, 1.54) is 0 Å². The summed E-state index contributed by atoms with van der Waals surface area (Å²) >= 11 is 0. The lowest BCUT2D eigenvalue weighted by molar-refractivity contribution is -0.119. The summed E-state index contributed by atoms with van der Waals surface area (Å²) in [7, 11) is 1.92. The van der Waals surface area contributed by atoms with Crippen LogP contribution < -0.4 is 14.5 Å². The molecule has 0 unspecified atom stereocenters. The van der Waals surface area contributed by atoms with E-state index in [2.05, 4.69) is 11.1 Å². The van der Waals surface area contributed by atoms with Gasteiger partial charge in [-0.3, -0.25) is 9.78 Å². The van der Waals surface area contributed by atoms with Crippen molar-refractivity contribution in [3.8, 4) is 5.75 Å². The van der Waals surface area contributed by atoms with E-state index in [-0.39, 0.29) is 46.1 Å². The predicted molar refractivity (Wildman–Crippen MR) is 132 cm³/mol. The third kappa shape index (κ3) is 5.47. The smallest absolute Gasteiger partial charge is 0.249 e. The lowest BCUT2D eigenvalue weighted by Crippen LogP contribution is -2.50. The number of rotatable bonds is 6. The average Bonchev–Trinajstić information content (AvgIpc) is 2.72. The molecular weight excluding hydrogens is 443 g/mol. The number of carbonyl (C=O) groups excluding carboxylic acids is 1. The van der Waals surface area contributed by atoms with Gasteiger partial charge in [0.15, 0.2) is 17.5 Å². The van der Waals surface area contributed by atoms with Gasteiger partial charge < -0.3 is 14.5 Å². The third-order valence-corrected chi connectivity index (χ3v) is 6.37. The van der Waals surface area contributed by atoms with Crippen LogP contribution in [-0.4, -0.2) is 36.6 Å². The molecule has 2 aliphatic rings. The summed E-state index contributed by atoms with van der Waals surface area (Å²) in [5, 5.41) is 0.